The third-order valence-corrected chi connectivity index (χ3v) is 4.03. The smallest absolute Gasteiger partial charge is 0.337 e. The third-order valence-electron chi connectivity index (χ3n) is 2.42. The van der Waals surface area contributed by atoms with E-state index >= 15 is 0 Å². The molecule has 0 saturated carbocycles. The molecule has 0 aliphatic rings. The molecule has 1 unspecified atom stereocenters. The maximum absolute atomic E-state index is 12.7. The van der Waals surface area contributed by atoms with Gasteiger partial charge in [0.25, 0.3) is 12.8 Å². The quantitative estimate of drug-likeness (QED) is 0.856. The lowest BCUT2D eigenvalue weighted by molar-refractivity contribution is -0.135. The molecular formula is C11H10ClF3O5S. The van der Waals surface area contributed by atoms with Crippen molar-refractivity contribution in [2.24, 2.45) is 0 Å². The van der Waals surface area contributed by atoms with Gasteiger partial charge >= 0.3 is 5.97 Å². The first-order chi connectivity index (χ1) is 9.55. The van der Waals surface area contributed by atoms with Gasteiger partial charge in [-0.25, -0.2) is 26.4 Å². The molecule has 0 heterocycles. The SMILES string of the molecule is CS(=O)(=O)c1ccc(C(=O)O)c(Cl)c1COC(F)C(F)F. The standard InChI is InChI=1S/C11H10ClF3O5S/c1-21(18,19)7-3-2-5(11(16)17)8(12)6(7)4-20-10(15)9(13)14/h2-3,9-10H,4H2,1H3,(H,16,17). The van der Waals surface area contributed by atoms with Gasteiger partial charge in [-0.1, -0.05) is 11.6 Å². The molecule has 118 valence electrons. The van der Waals surface area contributed by atoms with Gasteiger partial charge in [-0.05, 0) is 12.1 Å². The molecule has 1 aromatic carbocycles. The van der Waals surface area contributed by atoms with Gasteiger partial charge in [0.1, 0.15) is 0 Å². The second kappa shape index (κ2) is 6.63. The van der Waals surface area contributed by atoms with Crippen molar-refractivity contribution in [3.8, 4) is 0 Å². The number of carboxylic acids is 1. The molecule has 5 nitrogen and oxygen atoms in total. The van der Waals surface area contributed by atoms with Crippen LogP contribution in [0.25, 0.3) is 0 Å². The molecular weight excluding hydrogens is 337 g/mol. The minimum Gasteiger partial charge on any atom is -0.478 e. The Hall–Kier alpha value is -1.32. The number of carbonyl (C=O) groups is 1. The number of benzene rings is 1. The minimum absolute atomic E-state index is 0.387. The third kappa shape index (κ3) is 4.32. The Balaban J connectivity index is 3.30. The van der Waals surface area contributed by atoms with Gasteiger partial charge in [-0.15, -0.1) is 0 Å². The highest BCUT2D eigenvalue weighted by molar-refractivity contribution is 7.90. The fourth-order valence-corrected chi connectivity index (χ4v) is 2.77. The van der Waals surface area contributed by atoms with Crippen LogP contribution in [0, 0.1) is 0 Å². The Kier molecular flexibility index (Phi) is 5.60. The van der Waals surface area contributed by atoms with E-state index in [1.54, 1.807) is 0 Å². The van der Waals surface area contributed by atoms with E-state index in [4.69, 9.17) is 16.7 Å². The number of aromatic carboxylic acids is 1. The van der Waals surface area contributed by atoms with Crippen LogP contribution in [0.2, 0.25) is 5.02 Å². The van der Waals surface area contributed by atoms with Crippen LogP contribution in [0.4, 0.5) is 13.2 Å². The maximum Gasteiger partial charge on any atom is 0.337 e. The van der Waals surface area contributed by atoms with Crippen molar-refractivity contribution in [3.63, 3.8) is 0 Å². The van der Waals surface area contributed by atoms with Crippen LogP contribution in [0.5, 0.6) is 0 Å². The lowest BCUT2D eigenvalue weighted by atomic mass is 10.1. The van der Waals surface area contributed by atoms with E-state index in [1.807, 2.05) is 0 Å². The zero-order valence-electron chi connectivity index (χ0n) is 10.5. The van der Waals surface area contributed by atoms with Gasteiger partial charge in [-0.3, -0.25) is 0 Å². The summed E-state index contributed by atoms with van der Waals surface area (Å²) in [6, 6.07) is 1.89. The molecule has 21 heavy (non-hydrogen) atoms. The highest BCUT2D eigenvalue weighted by Crippen LogP contribution is 2.29. The molecule has 0 spiro atoms. The number of halogens is 4. The fraction of sp³-hybridized carbons (Fsp3) is 0.364. The second-order valence-electron chi connectivity index (χ2n) is 3.98. The average Bonchev–Trinajstić information content (AvgIpc) is 2.34. The molecule has 0 aromatic heterocycles. The first-order valence-corrected chi connectivity index (χ1v) is 7.61. The number of carboxylic acid groups (broad SMARTS) is 1. The van der Waals surface area contributed by atoms with Crippen molar-refractivity contribution in [3.05, 3.63) is 28.3 Å². The van der Waals surface area contributed by atoms with E-state index in [-0.39, 0.29) is 5.56 Å². The van der Waals surface area contributed by atoms with E-state index in [2.05, 4.69) is 4.74 Å². The first kappa shape index (κ1) is 17.7. The van der Waals surface area contributed by atoms with Crippen molar-refractivity contribution < 1.29 is 36.2 Å². The van der Waals surface area contributed by atoms with Crippen molar-refractivity contribution in [1.82, 2.24) is 0 Å². The van der Waals surface area contributed by atoms with Crippen molar-refractivity contribution in [1.29, 1.82) is 0 Å². The Bertz CT molecular complexity index is 648. The predicted octanol–water partition coefficient (Wildman–Crippen LogP) is 2.52. The summed E-state index contributed by atoms with van der Waals surface area (Å²) in [5.74, 6) is -1.45. The zero-order chi connectivity index (χ0) is 16.4. The summed E-state index contributed by atoms with van der Waals surface area (Å²) in [6.07, 6.45) is -5.56. The number of hydrogen-bond acceptors (Lipinski definition) is 4. The number of rotatable bonds is 6. The predicted molar refractivity (Wildman–Crippen MR) is 67.2 cm³/mol. The molecule has 1 aromatic rings. The van der Waals surface area contributed by atoms with Gasteiger partial charge in [0, 0.05) is 11.8 Å². The van der Waals surface area contributed by atoms with Crippen LogP contribution in [0.15, 0.2) is 17.0 Å². The van der Waals surface area contributed by atoms with E-state index in [9.17, 15) is 26.4 Å². The molecule has 1 atom stereocenters. The monoisotopic (exact) mass is 346 g/mol. The maximum atomic E-state index is 12.7. The van der Waals surface area contributed by atoms with Crippen molar-refractivity contribution >= 4 is 27.4 Å². The summed E-state index contributed by atoms with van der Waals surface area (Å²) in [5, 5.41) is 8.37. The molecule has 0 aliphatic heterocycles. The normalized spacial score (nSPS) is 13.4. The molecule has 0 amide bonds. The topological polar surface area (TPSA) is 80.7 Å². The lowest BCUT2D eigenvalue weighted by Crippen LogP contribution is -2.17. The first-order valence-electron chi connectivity index (χ1n) is 5.34. The molecule has 0 bridgehead atoms. The number of ether oxygens (including phenoxy) is 1. The van der Waals surface area contributed by atoms with E-state index in [0.29, 0.717) is 0 Å². The summed E-state index contributed by atoms with van der Waals surface area (Å²) in [6.45, 7) is -0.909. The van der Waals surface area contributed by atoms with Crippen LogP contribution in [0.3, 0.4) is 0 Å². The zero-order valence-corrected chi connectivity index (χ0v) is 12.1. The van der Waals surface area contributed by atoms with E-state index < -0.39 is 50.7 Å². The van der Waals surface area contributed by atoms with Crippen LogP contribution in [-0.4, -0.2) is 38.5 Å². The van der Waals surface area contributed by atoms with Gasteiger partial charge in [0.2, 0.25) is 0 Å². The molecule has 1 N–H and O–H groups in total. The van der Waals surface area contributed by atoms with Crippen LogP contribution >= 0.6 is 11.6 Å². The summed E-state index contributed by atoms with van der Waals surface area (Å²) in [7, 11) is -3.83. The summed E-state index contributed by atoms with van der Waals surface area (Å²) < 4.78 is 64.1. The molecule has 0 aliphatic carbocycles. The summed E-state index contributed by atoms with van der Waals surface area (Å²) in [4.78, 5) is 10.5. The molecule has 0 saturated heterocycles. The molecule has 0 radical (unpaired) electrons. The number of alkyl halides is 3. The van der Waals surface area contributed by atoms with Crippen LogP contribution in [-0.2, 0) is 21.2 Å². The second-order valence-corrected chi connectivity index (χ2v) is 6.34. The summed E-state index contributed by atoms with van der Waals surface area (Å²) >= 11 is 5.74. The van der Waals surface area contributed by atoms with Gasteiger partial charge in [-0.2, -0.15) is 0 Å². The molecule has 10 heteroatoms. The molecule has 1 rings (SSSR count). The number of sulfone groups is 1. The largest absolute Gasteiger partial charge is 0.478 e. The highest BCUT2D eigenvalue weighted by Gasteiger charge is 2.25. The van der Waals surface area contributed by atoms with Crippen LogP contribution in [0.1, 0.15) is 15.9 Å². The fourth-order valence-electron chi connectivity index (χ4n) is 1.49. The van der Waals surface area contributed by atoms with Gasteiger partial charge < -0.3 is 9.84 Å². The van der Waals surface area contributed by atoms with E-state index in [0.717, 1.165) is 18.4 Å². The van der Waals surface area contributed by atoms with Gasteiger partial charge in [0.05, 0.1) is 22.1 Å². The lowest BCUT2D eigenvalue weighted by Gasteiger charge is -2.14. The van der Waals surface area contributed by atoms with Crippen molar-refractivity contribution in [2.45, 2.75) is 24.3 Å². The Morgan fingerprint density at radius 2 is 1.95 bits per heavy atom. The van der Waals surface area contributed by atoms with Crippen LogP contribution < -0.4 is 0 Å². The Morgan fingerprint density at radius 1 is 1.38 bits per heavy atom. The van der Waals surface area contributed by atoms with E-state index in [1.165, 1.54) is 0 Å². The van der Waals surface area contributed by atoms with Gasteiger partial charge in [0.15, 0.2) is 9.84 Å². The minimum atomic E-state index is -3.83. The highest BCUT2D eigenvalue weighted by atomic mass is 35.5. The average molecular weight is 347 g/mol. The van der Waals surface area contributed by atoms with Crippen molar-refractivity contribution in [2.75, 3.05) is 6.26 Å². The number of hydrogen-bond donors (Lipinski definition) is 1. The Morgan fingerprint density at radius 3 is 2.38 bits per heavy atom. The Labute approximate surface area is 123 Å². The summed E-state index contributed by atoms with van der Waals surface area (Å²) in [5.41, 5.74) is -0.836. The molecule has 0 fully saturated rings.